The van der Waals surface area contributed by atoms with Crippen molar-refractivity contribution in [2.45, 2.75) is 18.2 Å². The van der Waals surface area contributed by atoms with Crippen LogP contribution in [-0.2, 0) is 9.84 Å². The van der Waals surface area contributed by atoms with Crippen LogP contribution in [0, 0.1) is 6.92 Å². The summed E-state index contributed by atoms with van der Waals surface area (Å²) in [5.41, 5.74) is 2.09. The average Bonchev–Trinajstić information content (AvgIpc) is 3.11. The predicted octanol–water partition coefficient (Wildman–Crippen LogP) is 4.26. The van der Waals surface area contributed by atoms with Gasteiger partial charge in [-0.15, -0.1) is 0 Å². The number of amides is 1. The van der Waals surface area contributed by atoms with E-state index in [1.807, 2.05) is 33.2 Å². The molecule has 9 heteroatoms. The highest BCUT2D eigenvalue weighted by Crippen LogP contribution is 2.34. The van der Waals surface area contributed by atoms with Crippen molar-refractivity contribution in [1.82, 2.24) is 9.88 Å². The van der Waals surface area contributed by atoms with Gasteiger partial charge in [0.2, 0.25) is 0 Å². The van der Waals surface area contributed by atoms with Gasteiger partial charge in [-0.2, -0.15) is 0 Å². The van der Waals surface area contributed by atoms with Gasteiger partial charge in [0.25, 0.3) is 5.91 Å². The molecule has 0 bridgehead atoms. The fourth-order valence-electron chi connectivity index (χ4n) is 3.03. The third-order valence-corrected chi connectivity index (χ3v) is 7.31. The molecular weight excluding hydrogens is 442 g/mol. The number of carbonyl (C=O) groups excluding carboxylic acids is 1. The molecule has 3 rings (SSSR count). The van der Waals surface area contributed by atoms with Crippen LogP contribution in [0.4, 0.5) is 5.13 Å². The van der Waals surface area contributed by atoms with E-state index in [0.29, 0.717) is 22.3 Å². The minimum atomic E-state index is -3.32. The van der Waals surface area contributed by atoms with Crippen molar-refractivity contribution in [2.24, 2.45) is 0 Å². The maximum Gasteiger partial charge on any atom is 0.260 e. The van der Waals surface area contributed by atoms with Gasteiger partial charge in [-0.1, -0.05) is 22.9 Å². The molecule has 0 aliphatic carbocycles. The van der Waals surface area contributed by atoms with Crippen molar-refractivity contribution in [1.29, 1.82) is 0 Å². The molecule has 0 saturated carbocycles. The molecule has 0 fully saturated rings. The van der Waals surface area contributed by atoms with Gasteiger partial charge < -0.3 is 4.90 Å². The van der Waals surface area contributed by atoms with Gasteiger partial charge in [0, 0.05) is 23.4 Å². The Hall–Kier alpha value is -2.00. The Balaban J connectivity index is 1.98. The van der Waals surface area contributed by atoms with E-state index < -0.39 is 9.84 Å². The summed E-state index contributed by atoms with van der Waals surface area (Å²) < 4.78 is 24.4. The van der Waals surface area contributed by atoms with E-state index in [1.54, 1.807) is 17.0 Å². The summed E-state index contributed by atoms with van der Waals surface area (Å²) in [6, 6.07) is 9.77. The lowest BCUT2D eigenvalue weighted by Gasteiger charge is -2.21. The molecule has 0 atom stereocenters. The number of sulfone groups is 1. The number of aryl methyl sites for hydroxylation is 1. The molecule has 0 unspecified atom stereocenters. The highest BCUT2D eigenvalue weighted by atomic mass is 35.5. The summed E-state index contributed by atoms with van der Waals surface area (Å²) >= 11 is 7.68. The number of benzene rings is 2. The lowest BCUT2D eigenvalue weighted by atomic mass is 10.2. The number of fused-ring (bicyclic) bond motifs is 1. The number of aromatic nitrogens is 1. The third-order valence-electron chi connectivity index (χ3n) is 4.73. The highest BCUT2D eigenvalue weighted by Gasteiger charge is 2.22. The standard InChI is InChI=1S/C21H24ClN3O3S2/c1-14-17(22)10-11-18-19(14)23-21(29-18)25(13-5-12-24(2)3)20(26)15-6-8-16(9-7-15)30(4,27)28/h6-11H,5,12-13H2,1-4H3. The molecule has 0 radical (unpaired) electrons. The zero-order chi connectivity index (χ0) is 22.1. The molecule has 0 N–H and O–H groups in total. The largest absolute Gasteiger partial charge is 0.309 e. The maximum atomic E-state index is 13.3. The predicted molar refractivity (Wildman–Crippen MR) is 124 cm³/mol. The van der Waals surface area contributed by atoms with E-state index in [1.165, 1.54) is 23.5 Å². The Kier molecular flexibility index (Phi) is 6.81. The minimum absolute atomic E-state index is 0.184. The lowest BCUT2D eigenvalue weighted by Crippen LogP contribution is -2.33. The van der Waals surface area contributed by atoms with Gasteiger partial charge in [-0.25, -0.2) is 13.4 Å². The summed E-state index contributed by atoms with van der Waals surface area (Å²) in [6.07, 6.45) is 1.92. The molecule has 160 valence electrons. The quantitative estimate of drug-likeness (QED) is 0.521. The van der Waals surface area contributed by atoms with E-state index in [2.05, 4.69) is 4.90 Å². The Morgan fingerprint density at radius 3 is 2.37 bits per heavy atom. The summed E-state index contributed by atoms with van der Waals surface area (Å²) in [6.45, 7) is 3.24. The minimum Gasteiger partial charge on any atom is -0.309 e. The van der Waals surface area contributed by atoms with Gasteiger partial charge in [0.05, 0.1) is 15.1 Å². The van der Waals surface area contributed by atoms with Crippen molar-refractivity contribution in [2.75, 3.05) is 38.3 Å². The Morgan fingerprint density at radius 2 is 1.77 bits per heavy atom. The van der Waals surface area contributed by atoms with Crippen LogP contribution in [0.1, 0.15) is 22.3 Å². The number of rotatable bonds is 7. The van der Waals surface area contributed by atoms with E-state index >= 15 is 0 Å². The molecule has 1 aromatic heterocycles. The van der Waals surface area contributed by atoms with Crippen molar-refractivity contribution in [3.63, 3.8) is 0 Å². The van der Waals surface area contributed by atoms with Gasteiger partial charge in [0.15, 0.2) is 15.0 Å². The lowest BCUT2D eigenvalue weighted by molar-refractivity contribution is 0.0986. The van der Waals surface area contributed by atoms with Crippen LogP contribution in [-0.4, -0.2) is 57.6 Å². The van der Waals surface area contributed by atoms with Crippen LogP contribution < -0.4 is 4.90 Å². The average molecular weight is 466 g/mol. The van der Waals surface area contributed by atoms with E-state index in [0.717, 1.165) is 35.0 Å². The second-order valence-corrected chi connectivity index (χ2v) is 10.9. The molecular formula is C21H24ClN3O3S2. The number of thiazole rings is 1. The topological polar surface area (TPSA) is 70.6 Å². The first-order valence-electron chi connectivity index (χ1n) is 9.40. The van der Waals surface area contributed by atoms with Gasteiger partial charge in [-0.3, -0.25) is 9.69 Å². The molecule has 1 heterocycles. The zero-order valence-electron chi connectivity index (χ0n) is 17.3. The molecule has 1 amide bonds. The summed E-state index contributed by atoms with van der Waals surface area (Å²) in [4.78, 5) is 21.9. The molecule has 30 heavy (non-hydrogen) atoms. The molecule has 6 nitrogen and oxygen atoms in total. The van der Waals surface area contributed by atoms with Crippen LogP contribution in [0.3, 0.4) is 0 Å². The second-order valence-electron chi connectivity index (χ2n) is 7.43. The van der Waals surface area contributed by atoms with Gasteiger partial charge in [0.1, 0.15) is 0 Å². The summed E-state index contributed by atoms with van der Waals surface area (Å²) in [5.74, 6) is -0.211. The molecule has 0 aliphatic rings. The smallest absolute Gasteiger partial charge is 0.260 e. The third kappa shape index (κ3) is 5.00. The van der Waals surface area contributed by atoms with E-state index in [9.17, 15) is 13.2 Å². The Bertz CT molecular complexity index is 1170. The van der Waals surface area contributed by atoms with Crippen molar-refractivity contribution >= 4 is 54.0 Å². The fraction of sp³-hybridized carbons (Fsp3) is 0.333. The first kappa shape index (κ1) is 22.7. The molecule has 0 spiro atoms. The Labute approximate surface area is 186 Å². The number of hydrogen-bond acceptors (Lipinski definition) is 6. The summed E-state index contributed by atoms with van der Waals surface area (Å²) in [7, 11) is 0.650. The molecule has 2 aromatic carbocycles. The van der Waals surface area contributed by atoms with Gasteiger partial charge in [-0.05, 0) is 75.9 Å². The van der Waals surface area contributed by atoms with Crippen LogP contribution >= 0.6 is 22.9 Å². The van der Waals surface area contributed by atoms with Gasteiger partial charge >= 0.3 is 0 Å². The monoisotopic (exact) mass is 465 g/mol. The fourth-order valence-corrected chi connectivity index (χ4v) is 4.87. The summed E-state index contributed by atoms with van der Waals surface area (Å²) in [5, 5.41) is 1.24. The van der Waals surface area contributed by atoms with Crippen LogP contribution in [0.2, 0.25) is 5.02 Å². The first-order chi connectivity index (χ1) is 14.1. The Morgan fingerprint density at radius 1 is 1.10 bits per heavy atom. The second kappa shape index (κ2) is 9.01. The highest BCUT2D eigenvalue weighted by molar-refractivity contribution is 7.90. The molecule has 0 aliphatic heterocycles. The molecule has 0 saturated heterocycles. The SMILES string of the molecule is Cc1c(Cl)ccc2sc(N(CCCN(C)C)C(=O)c3ccc(S(C)(=O)=O)cc3)nc12. The van der Waals surface area contributed by atoms with Crippen LogP contribution in [0.15, 0.2) is 41.3 Å². The van der Waals surface area contributed by atoms with Crippen molar-refractivity contribution in [3.8, 4) is 0 Å². The molecule has 3 aromatic rings. The first-order valence-corrected chi connectivity index (χ1v) is 12.5. The number of hydrogen-bond donors (Lipinski definition) is 0. The number of nitrogens with zero attached hydrogens (tertiary/aromatic N) is 3. The zero-order valence-corrected chi connectivity index (χ0v) is 19.7. The van der Waals surface area contributed by atoms with Crippen molar-refractivity contribution in [3.05, 3.63) is 52.5 Å². The number of anilines is 1. The van der Waals surface area contributed by atoms with Crippen molar-refractivity contribution < 1.29 is 13.2 Å². The van der Waals surface area contributed by atoms with Crippen LogP contribution in [0.5, 0.6) is 0 Å². The van der Waals surface area contributed by atoms with Crippen LogP contribution in [0.25, 0.3) is 10.2 Å². The number of carbonyl (C=O) groups is 1. The van der Waals surface area contributed by atoms with E-state index in [-0.39, 0.29) is 10.8 Å². The normalized spacial score (nSPS) is 11.9. The number of halogens is 1. The van der Waals surface area contributed by atoms with E-state index in [4.69, 9.17) is 16.6 Å². The maximum absolute atomic E-state index is 13.3.